The predicted molar refractivity (Wildman–Crippen MR) is 109 cm³/mol. The Hall–Kier alpha value is -2.18. The van der Waals surface area contributed by atoms with Crippen molar-refractivity contribution in [2.24, 2.45) is 0 Å². The fraction of sp³-hybridized carbons (Fsp3) is 0.381. The third kappa shape index (κ3) is 4.22. The Balaban J connectivity index is 1.29. The van der Waals surface area contributed by atoms with Gasteiger partial charge in [0.15, 0.2) is 5.11 Å². The summed E-state index contributed by atoms with van der Waals surface area (Å²) in [5.41, 5.74) is 4.06. The Morgan fingerprint density at radius 1 is 1.22 bits per heavy atom. The summed E-state index contributed by atoms with van der Waals surface area (Å²) in [7, 11) is 0. The first-order valence-corrected chi connectivity index (χ1v) is 9.89. The molecule has 142 valence electrons. The number of ether oxygens (including phenoxy) is 1. The number of hydrogen-bond donors (Lipinski definition) is 2. The van der Waals surface area contributed by atoms with Crippen molar-refractivity contribution in [3.8, 4) is 5.75 Å². The maximum absolute atomic E-state index is 13.7. The molecule has 1 fully saturated rings. The van der Waals surface area contributed by atoms with E-state index in [2.05, 4.69) is 28.4 Å². The molecule has 0 bridgehead atoms. The highest BCUT2D eigenvalue weighted by molar-refractivity contribution is 7.80. The Morgan fingerprint density at radius 3 is 2.81 bits per heavy atom. The predicted octanol–water partition coefficient (Wildman–Crippen LogP) is 2.17. The first-order valence-electron chi connectivity index (χ1n) is 9.49. The first kappa shape index (κ1) is 18.2. The molecule has 0 spiro atoms. The molecule has 2 aromatic carbocycles. The summed E-state index contributed by atoms with van der Waals surface area (Å²) in [4.78, 5) is 3.74. The lowest BCUT2D eigenvalue weighted by molar-refractivity contribution is -0.917. The van der Waals surface area contributed by atoms with Gasteiger partial charge in [-0.1, -0.05) is 6.07 Å². The minimum absolute atomic E-state index is 0.211. The van der Waals surface area contributed by atoms with Crippen LogP contribution in [0.1, 0.15) is 16.7 Å². The van der Waals surface area contributed by atoms with Gasteiger partial charge in [0, 0.05) is 17.7 Å². The Kier molecular flexibility index (Phi) is 5.27. The number of piperazine rings is 1. The number of aryl methyl sites for hydroxylation is 1. The number of rotatable bonds is 3. The summed E-state index contributed by atoms with van der Waals surface area (Å²) in [6.45, 7) is 7.49. The van der Waals surface area contributed by atoms with E-state index < -0.39 is 0 Å². The molecule has 0 radical (unpaired) electrons. The van der Waals surface area contributed by atoms with Crippen molar-refractivity contribution in [3.63, 3.8) is 0 Å². The summed E-state index contributed by atoms with van der Waals surface area (Å²) in [5, 5.41) is 3.84. The number of fused-ring (bicyclic) bond motifs is 1. The number of quaternary nitrogens is 1. The molecule has 0 amide bonds. The molecule has 0 saturated carbocycles. The fourth-order valence-electron chi connectivity index (χ4n) is 3.71. The summed E-state index contributed by atoms with van der Waals surface area (Å²) >= 11 is 5.52. The van der Waals surface area contributed by atoms with Gasteiger partial charge in [-0.3, -0.25) is 0 Å². The summed E-state index contributed by atoms with van der Waals surface area (Å²) < 4.78 is 19.3. The second kappa shape index (κ2) is 7.82. The Bertz CT molecular complexity index is 849. The second-order valence-corrected chi connectivity index (χ2v) is 7.74. The number of anilines is 1. The average molecular weight is 387 g/mol. The second-order valence-electron chi connectivity index (χ2n) is 7.35. The number of benzene rings is 2. The van der Waals surface area contributed by atoms with Crippen LogP contribution in [-0.4, -0.2) is 42.8 Å². The van der Waals surface area contributed by atoms with Gasteiger partial charge in [-0.25, -0.2) is 4.39 Å². The third-order valence-electron chi connectivity index (χ3n) is 5.39. The zero-order valence-corrected chi connectivity index (χ0v) is 16.4. The molecular weight excluding hydrogens is 361 g/mol. The van der Waals surface area contributed by atoms with Crippen molar-refractivity contribution in [2.45, 2.75) is 19.9 Å². The average Bonchev–Trinajstić information content (AvgIpc) is 3.13. The quantitative estimate of drug-likeness (QED) is 0.791. The van der Waals surface area contributed by atoms with Gasteiger partial charge in [-0.15, -0.1) is 0 Å². The highest BCUT2D eigenvalue weighted by atomic mass is 32.1. The van der Waals surface area contributed by atoms with Gasteiger partial charge >= 0.3 is 0 Å². The van der Waals surface area contributed by atoms with Gasteiger partial charge in [0.25, 0.3) is 0 Å². The van der Waals surface area contributed by atoms with Crippen LogP contribution < -0.4 is 15.0 Å². The van der Waals surface area contributed by atoms with Crippen molar-refractivity contribution in [2.75, 3.05) is 38.1 Å². The van der Waals surface area contributed by atoms with Crippen molar-refractivity contribution >= 4 is 23.0 Å². The molecule has 0 aromatic heterocycles. The van der Waals surface area contributed by atoms with Crippen LogP contribution in [0.5, 0.6) is 5.75 Å². The van der Waals surface area contributed by atoms with Crippen molar-refractivity contribution in [3.05, 3.63) is 58.9 Å². The third-order valence-corrected chi connectivity index (χ3v) is 5.75. The zero-order chi connectivity index (χ0) is 18.8. The van der Waals surface area contributed by atoms with E-state index in [1.165, 1.54) is 17.2 Å². The molecule has 4 rings (SSSR count). The molecule has 2 N–H and O–H groups in total. The summed E-state index contributed by atoms with van der Waals surface area (Å²) in [6.07, 6.45) is 1.02. The minimum Gasteiger partial charge on any atom is -0.493 e. The Labute approximate surface area is 164 Å². The lowest BCUT2D eigenvalue weighted by atomic mass is 10.1. The van der Waals surface area contributed by atoms with Crippen molar-refractivity contribution in [1.82, 2.24) is 4.90 Å². The number of hydrogen-bond acceptors (Lipinski definition) is 2. The normalized spacial score (nSPS) is 16.7. The molecular formula is C21H25FN3OS+. The zero-order valence-electron chi connectivity index (χ0n) is 15.6. The largest absolute Gasteiger partial charge is 0.493 e. The number of nitrogens with one attached hydrogen (secondary N) is 2. The molecule has 0 aliphatic carbocycles. The van der Waals surface area contributed by atoms with Gasteiger partial charge in [0.05, 0.1) is 32.8 Å². The van der Waals surface area contributed by atoms with E-state index >= 15 is 0 Å². The molecule has 2 heterocycles. The van der Waals surface area contributed by atoms with Crippen LogP contribution in [0.4, 0.5) is 10.1 Å². The molecule has 2 aliphatic rings. The topological polar surface area (TPSA) is 28.9 Å². The van der Waals surface area contributed by atoms with Crippen LogP contribution in [0.15, 0.2) is 36.4 Å². The van der Waals surface area contributed by atoms with Crippen LogP contribution in [-0.2, 0) is 13.0 Å². The van der Waals surface area contributed by atoms with E-state index in [-0.39, 0.29) is 5.82 Å². The highest BCUT2D eigenvalue weighted by Gasteiger charge is 2.23. The lowest BCUT2D eigenvalue weighted by Gasteiger charge is -2.34. The van der Waals surface area contributed by atoms with Crippen molar-refractivity contribution < 1.29 is 14.0 Å². The molecule has 6 heteroatoms. The SMILES string of the molecule is Cc1ccc(NC(=S)N2CC[NH+](Cc3ccc4c(c3)CCO4)CC2)cc1F. The molecule has 0 atom stereocenters. The standard InChI is InChI=1S/C21H24FN3OS/c1-15-2-4-18(13-19(15)22)23-21(27)25-9-7-24(8-10-25)14-16-3-5-20-17(12-16)6-11-26-20/h2-5,12-13H,6-11,14H2,1H3,(H,23,27)/p+1. The monoisotopic (exact) mass is 386 g/mol. The number of thiocarbonyl (C=S) groups is 1. The summed E-state index contributed by atoms with van der Waals surface area (Å²) in [6, 6.07) is 11.7. The van der Waals surface area contributed by atoms with E-state index in [9.17, 15) is 4.39 Å². The number of nitrogens with zero attached hydrogens (tertiary/aromatic N) is 1. The maximum atomic E-state index is 13.7. The van der Waals surface area contributed by atoms with Gasteiger partial charge in [0.1, 0.15) is 18.1 Å². The van der Waals surface area contributed by atoms with Crippen LogP contribution in [0, 0.1) is 12.7 Å². The van der Waals surface area contributed by atoms with E-state index in [4.69, 9.17) is 17.0 Å². The van der Waals surface area contributed by atoms with Crippen LogP contribution >= 0.6 is 12.2 Å². The maximum Gasteiger partial charge on any atom is 0.173 e. The van der Waals surface area contributed by atoms with Crippen LogP contribution in [0.25, 0.3) is 0 Å². The van der Waals surface area contributed by atoms with E-state index in [1.54, 1.807) is 17.9 Å². The molecule has 1 saturated heterocycles. The molecule has 27 heavy (non-hydrogen) atoms. The van der Waals surface area contributed by atoms with Crippen LogP contribution in [0.2, 0.25) is 0 Å². The first-order chi connectivity index (χ1) is 13.1. The van der Waals surface area contributed by atoms with Crippen molar-refractivity contribution in [1.29, 1.82) is 0 Å². The molecule has 0 unspecified atom stereocenters. The smallest absolute Gasteiger partial charge is 0.173 e. The minimum atomic E-state index is -0.211. The van der Waals surface area contributed by atoms with Crippen LogP contribution in [0.3, 0.4) is 0 Å². The molecule has 4 nitrogen and oxygen atoms in total. The van der Waals surface area contributed by atoms with Gasteiger partial charge in [-0.05, 0) is 60.6 Å². The van der Waals surface area contributed by atoms with E-state index in [0.717, 1.165) is 51.5 Å². The van der Waals surface area contributed by atoms with Gasteiger partial charge in [-0.2, -0.15) is 0 Å². The number of halogens is 1. The fourth-order valence-corrected chi connectivity index (χ4v) is 4.01. The highest BCUT2D eigenvalue weighted by Crippen LogP contribution is 2.25. The van der Waals surface area contributed by atoms with Gasteiger partial charge < -0.3 is 19.9 Å². The lowest BCUT2D eigenvalue weighted by Crippen LogP contribution is -3.13. The Morgan fingerprint density at radius 2 is 2.04 bits per heavy atom. The molecule has 2 aromatic rings. The van der Waals surface area contributed by atoms with Gasteiger partial charge in [0.2, 0.25) is 0 Å². The van der Waals surface area contributed by atoms with E-state index in [0.29, 0.717) is 16.4 Å². The van der Waals surface area contributed by atoms with E-state index in [1.807, 2.05) is 6.07 Å². The molecule has 2 aliphatic heterocycles. The summed E-state index contributed by atoms with van der Waals surface area (Å²) in [5.74, 6) is 0.833.